The average molecular weight is 317 g/mol. The second kappa shape index (κ2) is 5.12. The molecule has 0 aliphatic carbocycles. The number of carbonyl (C=O) groups is 1. The minimum atomic E-state index is 0.136. The van der Waals surface area contributed by atoms with Crippen molar-refractivity contribution in [2.24, 2.45) is 0 Å². The molecule has 2 nitrogen and oxygen atoms in total. The highest BCUT2D eigenvalue weighted by Gasteiger charge is 2.12. The Morgan fingerprint density at radius 2 is 2.31 bits per heavy atom. The monoisotopic (exact) mass is 316 g/mol. The molecule has 2 aromatic heterocycles. The topological polar surface area (TPSA) is 26.3 Å². The third kappa shape index (κ3) is 2.53. The summed E-state index contributed by atoms with van der Waals surface area (Å²) in [6.07, 6.45) is 0.446. The van der Waals surface area contributed by atoms with Crippen molar-refractivity contribution in [2.45, 2.75) is 6.42 Å². The van der Waals surface area contributed by atoms with Gasteiger partial charge >= 0.3 is 0 Å². The van der Waals surface area contributed by atoms with E-state index in [1.165, 1.54) is 11.3 Å². The van der Waals surface area contributed by atoms with E-state index in [-0.39, 0.29) is 5.78 Å². The van der Waals surface area contributed by atoms with E-state index in [0.717, 1.165) is 20.0 Å². The normalized spacial score (nSPS) is 10.4. The Labute approximate surface area is 110 Å². The van der Waals surface area contributed by atoms with Crippen molar-refractivity contribution in [1.82, 2.24) is 0 Å². The highest BCUT2D eigenvalue weighted by Crippen LogP contribution is 2.27. The van der Waals surface area contributed by atoms with Gasteiger partial charge in [-0.25, -0.2) is 0 Å². The first-order valence-electron chi connectivity index (χ1n) is 4.58. The van der Waals surface area contributed by atoms with Crippen LogP contribution in [0.25, 0.3) is 0 Å². The van der Waals surface area contributed by atoms with E-state index < -0.39 is 0 Å². The van der Waals surface area contributed by atoms with Crippen molar-refractivity contribution in [3.8, 4) is 5.75 Å². The Morgan fingerprint density at radius 3 is 2.88 bits per heavy atom. The summed E-state index contributed by atoms with van der Waals surface area (Å²) in [7, 11) is 1.60. The first-order chi connectivity index (χ1) is 7.70. The van der Waals surface area contributed by atoms with Crippen molar-refractivity contribution < 1.29 is 9.53 Å². The summed E-state index contributed by atoms with van der Waals surface area (Å²) in [6.45, 7) is 0. The van der Waals surface area contributed by atoms with E-state index in [0.29, 0.717) is 6.42 Å². The van der Waals surface area contributed by atoms with Gasteiger partial charge in [-0.2, -0.15) is 0 Å². The maximum absolute atomic E-state index is 11.9. The number of hydrogen-bond donors (Lipinski definition) is 0. The van der Waals surface area contributed by atoms with Gasteiger partial charge in [0.05, 0.1) is 12.0 Å². The molecule has 2 rings (SSSR count). The molecule has 2 heterocycles. The van der Waals surface area contributed by atoms with Gasteiger partial charge in [0.2, 0.25) is 0 Å². The van der Waals surface area contributed by atoms with Gasteiger partial charge < -0.3 is 4.74 Å². The number of ether oxygens (including phenoxy) is 1. The van der Waals surface area contributed by atoms with Crippen LogP contribution in [0.15, 0.2) is 27.4 Å². The zero-order valence-electron chi connectivity index (χ0n) is 8.53. The number of ketones is 1. The molecule has 16 heavy (non-hydrogen) atoms. The molecule has 0 fully saturated rings. The Morgan fingerprint density at radius 1 is 1.50 bits per heavy atom. The summed E-state index contributed by atoms with van der Waals surface area (Å²) >= 11 is 6.44. The Hall–Kier alpha value is -0.650. The van der Waals surface area contributed by atoms with Gasteiger partial charge in [0.1, 0.15) is 5.75 Å². The molecule has 0 saturated carbocycles. The Kier molecular flexibility index (Phi) is 3.78. The van der Waals surface area contributed by atoms with Crippen molar-refractivity contribution >= 4 is 44.4 Å². The second-order valence-electron chi connectivity index (χ2n) is 3.14. The summed E-state index contributed by atoms with van der Waals surface area (Å²) in [4.78, 5) is 13.7. The SMILES string of the molecule is COc1csc(C(=O)Cc2sccc2Br)c1. The second-order valence-corrected chi connectivity index (χ2v) is 5.91. The Balaban J connectivity index is 2.11. The first-order valence-corrected chi connectivity index (χ1v) is 7.13. The fourth-order valence-electron chi connectivity index (χ4n) is 1.26. The zero-order valence-corrected chi connectivity index (χ0v) is 11.7. The molecule has 0 unspecified atom stereocenters. The van der Waals surface area contributed by atoms with Crippen molar-refractivity contribution in [3.05, 3.63) is 37.1 Å². The van der Waals surface area contributed by atoms with Crippen molar-refractivity contribution in [3.63, 3.8) is 0 Å². The smallest absolute Gasteiger partial charge is 0.178 e. The zero-order chi connectivity index (χ0) is 11.5. The molecular formula is C11H9BrO2S2. The Bertz CT molecular complexity index is 502. The van der Waals surface area contributed by atoms with Gasteiger partial charge in [0.15, 0.2) is 5.78 Å². The molecule has 0 atom stereocenters. The summed E-state index contributed by atoms with van der Waals surface area (Å²) in [5, 5.41) is 3.82. The minimum Gasteiger partial charge on any atom is -0.496 e. The third-order valence-corrected chi connectivity index (χ3v) is 4.97. The molecule has 0 radical (unpaired) electrons. The van der Waals surface area contributed by atoms with Crippen LogP contribution in [0.1, 0.15) is 14.5 Å². The molecule has 0 aliphatic heterocycles. The van der Waals surface area contributed by atoms with Gasteiger partial charge in [-0.3, -0.25) is 4.79 Å². The van der Waals surface area contributed by atoms with Crippen LogP contribution in [0.2, 0.25) is 0 Å². The number of methoxy groups -OCH3 is 1. The van der Waals surface area contributed by atoms with E-state index in [2.05, 4.69) is 15.9 Å². The van der Waals surface area contributed by atoms with Crippen LogP contribution < -0.4 is 4.74 Å². The maximum Gasteiger partial charge on any atom is 0.178 e. The third-order valence-electron chi connectivity index (χ3n) is 2.10. The molecule has 0 amide bonds. The molecule has 0 aromatic carbocycles. The van der Waals surface area contributed by atoms with Crippen LogP contribution in [0.4, 0.5) is 0 Å². The molecule has 84 valence electrons. The molecule has 5 heteroatoms. The van der Waals surface area contributed by atoms with Gasteiger partial charge in [0.25, 0.3) is 0 Å². The van der Waals surface area contributed by atoms with Crippen LogP contribution in [0, 0.1) is 0 Å². The predicted octanol–water partition coefficient (Wildman–Crippen LogP) is 4.01. The summed E-state index contributed by atoms with van der Waals surface area (Å²) in [6, 6.07) is 3.75. The first kappa shape index (κ1) is 11.8. The summed E-state index contributed by atoms with van der Waals surface area (Å²) < 4.78 is 6.06. The van der Waals surface area contributed by atoms with Crippen molar-refractivity contribution in [2.75, 3.05) is 7.11 Å². The van der Waals surface area contributed by atoms with Crippen LogP contribution >= 0.6 is 38.6 Å². The predicted molar refractivity (Wildman–Crippen MR) is 70.9 cm³/mol. The lowest BCUT2D eigenvalue weighted by Gasteiger charge is -1.96. The quantitative estimate of drug-likeness (QED) is 0.797. The molecule has 0 aliphatic rings. The van der Waals surface area contributed by atoms with E-state index in [9.17, 15) is 4.79 Å². The largest absolute Gasteiger partial charge is 0.496 e. The molecule has 0 N–H and O–H groups in total. The number of halogens is 1. The minimum absolute atomic E-state index is 0.136. The van der Waals surface area contributed by atoms with Gasteiger partial charge in [-0.05, 0) is 27.4 Å². The number of thiophene rings is 2. The highest BCUT2D eigenvalue weighted by molar-refractivity contribution is 9.10. The van der Waals surface area contributed by atoms with Crippen LogP contribution in [-0.2, 0) is 6.42 Å². The van der Waals surface area contributed by atoms with E-state index in [1.54, 1.807) is 24.5 Å². The van der Waals surface area contributed by atoms with Crippen molar-refractivity contribution in [1.29, 1.82) is 0 Å². The van der Waals surface area contributed by atoms with Crippen LogP contribution in [0.3, 0.4) is 0 Å². The van der Waals surface area contributed by atoms with E-state index in [4.69, 9.17) is 4.74 Å². The number of carbonyl (C=O) groups excluding carboxylic acids is 1. The number of rotatable bonds is 4. The van der Waals surface area contributed by atoms with Gasteiger partial charge in [0, 0.05) is 27.2 Å². The molecular weight excluding hydrogens is 308 g/mol. The van der Waals surface area contributed by atoms with Crippen LogP contribution in [0.5, 0.6) is 5.75 Å². The standard InChI is InChI=1S/C11H9BrO2S2/c1-14-7-4-11(16-6-7)9(13)5-10-8(12)2-3-15-10/h2-4,6H,5H2,1H3. The van der Waals surface area contributed by atoms with E-state index in [1.807, 2.05) is 16.8 Å². The number of hydrogen-bond acceptors (Lipinski definition) is 4. The fraction of sp³-hybridized carbons (Fsp3) is 0.182. The molecule has 2 aromatic rings. The molecule has 0 saturated heterocycles. The summed E-state index contributed by atoms with van der Waals surface area (Å²) in [5.41, 5.74) is 0. The number of Topliss-reactive ketones (excluding diaryl/α,β-unsaturated/α-hetero) is 1. The van der Waals surface area contributed by atoms with E-state index >= 15 is 0 Å². The lowest BCUT2D eigenvalue weighted by atomic mass is 10.2. The van der Waals surface area contributed by atoms with Crippen LogP contribution in [-0.4, -0.2) is 12.9 Å². The molecule has 0 spiro atoms. The maximum atomic E-state index is 11.9. The average Bonchev–Trinajstić information content (AvgIpc) is 2.88. The summed E-state index contributed by atoms with van der Waals surface area (Å²) in [5.74, 6) is 0.884. The fourth-order valence-corrected chi connectivity index (χ4v) is 3.54. The van der Waals surface area contributed by atoms with Gasteiger partial charge in [-0.1, -0.05) is 0 Å². The lowest BCUT2D eigenvalue weighted by molar-refractivity contribution is 0.0997. The van der Waals surface area contributed by atoms with Gasteiger partial charge in [-0.15, -0.1) is 22.7 Å². The molecule has 0 bridgehead atoms. The lowest BCUT2D eigenvalue weighted by Crippen LogP contribution is -1.99. The highest BCUT2D eigenvalue weighted by atomic mass is 79.9.